The third-order valence-corrected chi connectivity index (χ3v) is 2.41. The van der Waals surface area contributed by atoms with E-state index in [2.05, 4.69) is 10.2 Å². The molecule has 1 atom stereocenters. The molecule has 82 valence electrons. The maximum Gasteiger partial charge on any atom is 0.221 e. The van der Waals surface area contributed by atoms with Crippen molar-refractivity contribution in [1.29, 1.82) is 0 Å². The molecule has 1 rings (SSSR count). The summed E-state index contributed by atoms with van der Waals surface area (Å²) in [6.45, 7) is 3.34. The van der Waals surface area contributed by atoms with E-state index in [1.807, 2.05) is 7.05 Å². The first-order valence-corrected chi connectivity index (χ1v) is 4.98. The molecular formula is C9H19N3O2. The minimum absolute atomic E-state index is 0.0535. The smallest absolute Gasteiger partial charge is 0.221 e. The molecule has 1 aliphatic rings. The van der Waals surface area contributed by atoms with Gasteiger partial charge in [0, 0.05) is 32.1 Å². The highest BCUT2D eigenvalue weighted by Crippen LogP contribution is 2.07. The predicted octanol–water partition coefficient (Wildman–Crippen LogP) is -1.22. The van der Waals surface area contributed by atoms with E-state index < -0.39 is 0 Å². The molecule has 14 heavy (non-hydrogen) atoms. The van der Waals surface area contributed by atoms with E-state index in [0.29, 0.717) is 26.1 Å². The van der Waals surface area contributed by atoms with Crippen molar-refractivity contribution >= 4 is 5.91 Å². The highest BCUT2D eigenvalue weighted by atomic mass is 16.5. The molecule has 0 radical (unpaired) electrons. The van der Waals surface area contributed by atoms with Crippen LogP contribution in [0.2, 0.25) is 0 Å². The molecule has 5 heteroatoms. The van der Waals surface area contributed by atoms with Crippen molar-refractivity contribution in [3.8, 4) is 0 Å². The van der Waals surface area contributed by atoms with Crippen LogP contribution in [0.1, 0.15) is 6.42 Å². The number of nitrogens with two attached hydrogens (primary N) is 1. The number of amides is 1. The van der Waals surface area contributed by atoms with E-state index in [9.17, 15) is 4.79 Å². The number of rotatable bonds is 4. The second-order valence-corrected chi connectivity index (χ2v) is 3.55. The Balaban J connectivity index is 2.23. The number of nitrogens with zero attached hydrogens (tertiary/aromatic N) is 1. The fraction of sp³-hybridized carbons (Fsp3) is 0.889. The van der Waals surface area contributed by atoms with Crippen molar-refractivity contribution < 1.29 is 9.53 Å². The number of morpholine rings is 1. The fourth-order valence-electron chi connectivity index (χ4n) is 1.45. The van der Waals surface area contributed by atoms with Crippen LogP contribution in [0.25, 0.3) is 0 Å². The molecule has 1 heterocycles. The van der Waals surface area contributed by atoms with Gasteiger partial charge in [0.25, 0.3) is 0 Å². The van der Waals surface area contributed by atoms with Gasteiger partial charge in [-0.05, 0) is 7.05 Å². The third kappa shape index (κ3) is 3.61. The van der Waals surface area contributed by atoms with E-state index in [0.717, 1.165) is 13.2 Å². The summed E-state index contributed by atoms with van der Waals surface area (Å²) in [5, 5.41) is 2.75. The van der Waals surface area contributed by atoms with Crippen LogP contribution in [0.15, 0.2) is 0 Å². The number of nitrogens with one attached hydrogen (secondary N) is 1. The molecule has 0 aliphatic carbocycles. The van der Waals surface area contributed by atoms with Crippen LogP contribution >= 0.6 is 0 Å². The minimum Gasteiger partial charge on any atom is -0.378 e. The largest absolute Gasteiger partial charge is 0.378 e. The molecular weight excluding hydrogens is 182 g/mol. The van der Waals surface area contributed by atoms with E-state index in [4.69, 9.17) is 10.5 Å². The lowest BCUT2D eigenvalue weighted by Gasteiger charge is -2.31. The Morgan fingerprint density at radius 2 is 2.50 bits per heavy atom. The Hall–Kier alpha value is -0.650. The van der Waals surface area contributed by atoms with Crippen LogP contribution < -0.4 is 11.1 Å². The Kier molecular flexibility index (Phi) is 4.86. The topological polar surface area (TPSA) is 67.6 Å². The van der Waals surface area contributed by atoms with Gasteiger partial charge in [0.2, 0.25) is 5.91 Å². The number of ether oxygens (including phenoxy) is 1. The highest BCUT2D eigenvalue weighted by molar-refractivity contribution is 5.76. The van der Waals surface area contributed by atoms with Crippen LogP contribution in [0.3, 0.4) is 0 Å². The van der Waals surface area contributed by atoms with Gasteiger partial charge >= 0.3 is 0 Å². The summed E-state index contributed by atoms with van der Waals surface area (Å²) in [7, 11) is 2.02. The first kappa shape index (κ1) is 11.4. The van der Waals surface area contributed by atoms with Crippen molar-refractivity contribution in [3.05, 3.63) is 0 Å². The summed E-state index contributed by atoms with van der Waals surface area (Å²) in [6, 6.07) is 0.210. The van der Waals surface area contributed by atoms with Crippen LogP contribution in [0.4, 0.5) is 0 Å². The van der Waals surface area contributed by atoms with Crippen LogP contribution in [-0.4, -0.2) is 56.7 Å². The van der Waals surface area contributed by atoms with Crippen molar-refractivity contribution in [3.63, 3.8) is 0 Å². The monoisotopic (exact) mass is 201 g/mol. The average molecular weight is 201 g/mol. The molecule has 0 spiro atoms. The Labute approximate surface area is 84.6 Å². The highest BCUT2D eigenvalue weighted by Gasteiger charge is 2.21. The number of hydrogen-bond donors (Lipinski definition) is 2. The van der Waals surface area contributed by atoms with Gasteiger partial charge in [0.05, 0.1) is 13.2 Å². The quantitative estimate of drug-likeness (QED) is 0.598. The van der Waals surface area contributed by atoms with Crippen molar-refractivity contribution in [2.75, 3.05) is 39.9 Å². The molecule has 0 aromatic carbocycles. The molecule has 3 N–H and O–H groups in total. The number of carbonyl (C=O) groups is 1. The number of likely N-dealkylation sites (N-methyl/N-ethyl adjacent to an activating group) is 1. The molecule has 0 aromatic heterocycles. The van der Waals surface area contributed by atoms with Crippen molar-refractivity contribution in [2.24, 2.45) is 5.73 Å². The van der Waals surface area contributed by atoms with Gasteiger partial charge in [-0.3, -0.25) is 9.69 Å². The van der Waals surface area contributed by atoms with E-state index in [1.54, 1.807) is 0 Å². The molecule has 1 saturated heterocycles. The first-order chi connectivity index (χ1) is 6.74. The molecule has 5 nitrogen and oxygen atoms in total. The Bertz CT molecular complexity index is 187. The first-order valence-electron chi connectivity index (χ1n) is 4.98. The maximum absolute atomic E-state index is 11.4. The summed E-state index contributed by atoms with van der Waals surface area (Å²) in [6.07, 6.45) is 0.497. The van der Waals surface area contributed by atoms with Crippen LogP contribution in [0.5, 0.6) is 0 Å². The second-order valence-electron chi connectivity index (χ2n) is 3.55. The molecule has 1 fully saturated rings. The molecule has 1 aliphatic heterocycles. The minimum atomic E-state index is 0.0535. The van der Waals surface area contributed by atoms with Crippen molar-refractivity contribution in [2.45, 2.75) is 12.5 Å². The lowest BCUT2D eigenvalue weighted by molar-refractivity contribution is -0.123. The number of hydrogen-bond acceptors (Lipinski definition) is 4. The maximum atomic E-state index is 11.4. The molecule has 0 saturated carbocycles. The Morgan fingerprint density at radius 3 is 3.14 bits per heavy atom. The number of carbonyl (C=O) groups excluding carboxylic acids is 1. The average Bonchev–Trinajstić information content (AvgIpc) is 2.18. The van der Waals surface area contributed by atoms with E-state index in [1.165, 1.54) is 0 Å². The standard InChI is InChI=1S/C9H19N3O2/c1-12-4-5-14-7-8(12)6-9(13)11-3-2-10/h8H,2-7,10H2,1H3,(H,11,13). The zero-order valence-electron chi connectivity index (χ0n) is 8.66. The summed E-state index contributed by atoms with van der Waals surface area (Å²) < 4.78 is 5.31. The second kappa shape index (κ2) is 5.95. The molecule has 1 amide bonds. The van der Waals surface area contributed by atoms with Gasteiger partial charge in [-0.25, -0.2) is 0 Å². The van der Waals surface area contributed by atoms with Gasteiger partial charge in [-0.15, -0.1) is 0 Å². The lowest BCUT2D eigenvalue weighted by Crippen LogP contribution is -2.45. The molecule has 0 aromatic rings. The van der Waals surface area contributed by atoms with Gasteiger partial charge in [0.15, 0.2) is 0 Å². The van der Waals surface area contributed by atoms with Gasteiger partial charge in [0.1, 0.15) is 0 Å². The molecule has 0 bridgehead atoms. The van der Waals surface area contributed by atoms with E-state index in [-0.39, 0.29) is 11.9 Å². The van der Waals surface area contributed by atoms with Crippen molar-refractivity contribution in [1.82, 2.24) is 10.2 Å². The SMILES string of the molecule is CN1CCOCC1CC(=O)NCCN. The van der Waals surface area contributed by atoms with Gasteiger partial charge in [-0.1, -0.05) is 0 Å². The zero-order chi connectivity index (χ0) is 10.4. The van der Waals surface area contributed by atoms with Crippen LogP contribution in [0, 0.1) is 0 Å². The summed E-state index contributed by atoms with van der Waals surface area (Å²) in [5.41, 5.74) is 5.29. The normalized spacial score (nSPS) is 23.4. The summed E-state index contributed by atoms with van der Waals surface area (Å²) in [4.78, 5) is 13.5. The summed E-state index contributed by atoms with van der Waals surface area (Å²) >= 11 is 0. The Morgan fingerprint density at radius 1 is 1.71 bits per heavy atom. The van der Waals surface area contributed by atoms with E-state index >= 15 is 0 Å². The predicted molar refractivity (Wildman–Crippen MR) is 53.9 cm³/mol. The van der Waals surface area contributed by atoms with Gasteiger partial charge in [-0.2, -0.15) is 0 Å². The summed E-state index contributed by atoms with van der Waals surface area (Å²) in [5.74, 6) is 0.0535. The fourth-order valence-corrected chi connectivity index (χ4v) is 1.45. The lowest BCUT2D eigenvalue weighted by atomic mass is 10.1. The zero-order valence-corrected chi connectivity index (χ0v) is 8.66. The molecule has 1 unspecified atom stereocenters. The van der Waals surface area contributed by atoms with Gasteiger partial charge < -0.3 is 15.8 Å². The third-order valence-electron chi connectivity index (χ3n) is 2.41. The van der Waals surface area contributed by atoms with Crippen LogP contribution in [-0.2, 0) is 9.53 Å².